The molecule has 3 aromatic rings. The zero-order valence-corrected chi connectivity index (χ0v) is 21.8. The normalized spacial score (nSPS) is 12.7. The number of fused-ring (bicyclic) bond motifs is 1. The van der Waals surface area contributed by atoms with Gasteiger partial charge in [0, 0.05) is 12.1 Å². The van der Waals surface area contributed by atoms with Gasteiger partial charge in [-0.1, -0.05) is 32.0 Å². The molecule has 0 aliphatic carbocycles. The summed E-state index contributed by atoms with van der Waals surface area (Å²) in [5.74, 6) is 0.989. The number of nitrogens with one attached hydrogen (secondary N) is 1. The van der Waals surface area contributed by atoms with Gasteiger partial charge in [-0.3, -0.25) is 9.36 Å². The van der Waals surface area contributed by atoms with Gasteiger partial charge in [0.2, 0.25) is 0 Å². The first kappa shape index (κ1) is 25.5. The molecule has 2 aromatic carbocycles. The van der Waals surface area contributed by atoms with E-state index in [1.54, 1.807) is 15.5 Å². The van der Waals surface area contributed by atoms with E-state index in [-0.39, 0.29) is 17.1 Å². The van der Waals surface area contributed by atoms with E-state index in [4.69, 9.17) is 4.98 Å². The molecule has 182 valence electrons. The Morgan fingerprint density at radius 3 is 2.35 bits per heavy atom. The molecule has 1 unspecified atom stereocenters. The van der Waals surface area contributed by atoms with Crippen molar-refractivity contribution in [2.24, 2.45) is 5.92 Å². The minimum absolute atomic E-state index is 0.129. The van der Waals surface area contributed by atoms with E-state index in [2.05, 4.69) is 26.1 Å². The maximum atomic E-state index is 13.7. The van der Waals surface area contributed by atoms with Gasteiger partial charge in [0.25, 0.3) is 5.56 Å². The highest BCUT2D eigenvalue weighted by Crippen LogP contribution is 2.25. The molecule has 0 fully saturated rings. The zero-order chi connectivity index (χ0) is 25.2. The molecular formula is C28H38N4O2. The minimum Gasteiger partial charge on any atom is -0.333 e. The molecule has 0 aliphatic heterocycles. The number of para-hydroxylation sites is 1. The number of urea groups is 1. The summed E-state index contributed by atoms with van der Waals surface area (Å²) in [4.78, 5) is 33.9. The van der Waals surface area contributed by atoms with Crippen LogP contribution in [0.1, 0.15) is 71.0 Å². The number of carbonyl (C=O) groups excluding carboxylic acids is 1. The van der Waals surface area contributed by atoms with Crippen molar-refractivity contribution in [3.05, 3.63) is 69.8 Å². The van der Waals surface area contributed by atoms with Gasteiger partial charge in [0.1, 0.15) is 5.82 Å². The van der Waals surface area contributed by atoms with E-state index < -0.39 is 6.04 Å². The fourth-order valence-corrected chi connectivity index (χ4v) is 3.94. The maximum Gasteiger partial charge on any atom is 0.318 e. The lowest BCUT2D eigenvalue weighted by Crippen LogP contribution is -2.50. The summed E-state index contributed by atoms with van der Waals surface area (Å²) in [5, 5.41) is 3.65. The third kappa shape index (κ3) is 5.66. The molecule has 34 heavy (non-hydrogen) atoms. The molecule has 1 aromatic heterocycles. The predicted molar refractivity (Wildman–Crippen MR) is 140 cm³/mol. The molecule has 0 bridgehead atoms. The number of hydrogen-bond acceptors (Lipinski definition) is 3. The largest absolute Gasteiger partial charge is 0.333 e. The third-order valence-corrected chi connectivity index (χ3v) is 6.08. The van der Waals surface area contributed by atoms with Crippen LogP contribution in [0.5, 0.6) is 0 Å². The van der Waals surface area contributed by atoms with Gasteiger partial charge in [-0.05, 0) is 89.3 Å². The monoisotopic (exact) mass is 462 g/mol. The standard InChI is InChI=1S/C28H38N4O2/c1-18(2)15-16-31(27(34)30-28(6,7)8)21(5)25-29-24-12-10-9-11-23(24)26(33)32(25)22-14-13-19(3)20(4)17-22/h9-14,17-18,21H,15-16H2,1-8H3,(H,30,34). The van der Waals surface area contributed by atoms with E-state index in [1.807, 2.05) is 71.0 Å². The number of nitrogens with zero attached hydrogens (tertiary/aromatic N) is 3. The zero-order valence-electron chi connectivity index (χ0n) is 21.8. The lowest BCUT2D eigenvalue weighted by Gasteiger charge is -2.34. The van der Waals surface area contributed by atoms with Crippen molar-refractivity contribution < 1.29 is 4.79 Å². The molecule has 6 nitrogen and oxygen atoms in total. The van der Waals surface area contributed by atoms with Crippen LogP contribution in [0.25, 0.3) is 16.6 Å². The topological polar surface area (TPSA) is 67.2 Å². The number of rotatable bonds is 6. The van der Waals surface area contributed by atoms with Crippen molar-refractivity contribution in [2.75, 3.05) is 6.54 Å². The van der Waals surface area contributed by atoms with Crippen molar-refractivity contribution in [1.82, 2.24) is 19.8 Å². The third-order valence-electron chi connectivity index (χ3n) is 6.08. The first-order valence-corrected chi connectivity index (χ1v) is 12.1. The second kappa shape index (κ2) is 10.00. The summed E-state index contributed by atoms with van der Waals surface area (Å²) in [5.41, 5.74) is 3.14. The minimum atomic E-state index is -0.417. The fourth-order valence-electron chi connectivity index (χ4n) is 3.94. The smallest absolute Gasteiger partial charge is 0.318 e. The Bertz CT molecular complexity index is 1240. The number of benzene rings is 2. The summed E-state index contributed by atoms with van der Waals surface area (Å²) >= 11 is 0. The van der Waals surface area contributed by atoms with Gasteiger partial charge in [0.15, 0.2) is 0 Å². The molecular weight excluding hydrogens is 424 g/mol. The Morgan fingerprint density at radius 1 is 1.06 bits per heavy atom. The van der Waals surface area contributed by atoms with Crippen molar-refractivity contribution in [3.63, 3.8) is 0 Å². The van der Waals surface area contributed by atoms with Crippen LogP contribution in [-0.4, -0.2) is 32.6 Å². The number of aromatic nitrogens is 2. The van der Waals surface area contributed by atoms with Crippen LogP contribution in [-0.2, 0) is 0 Å². The van der Waals surface area contributed by atoms with Crippen molar-refractivity contribution in [1.29, 1.82) is 0 Å². The maximum absolute atomic E-state index is 13.7. The molecule has 0 saturated carbocycles. The van der Waals surface area contributed by atoms with E-state index in [9.17, 15) is 9.59 Å². The number of hydrogen-bond donors (Lipinski definition) is 1. The van der Waals surface area contributed by atoms with Gasteiger partial charge in [-0.25, -0.2) is 9.78 Å². The Hall–Kier alpha value is -3.15. The van der Waals surface area contributed by atoms with E-state index in [0.29, 0.717) is 29.2 Å². The number of aryl methyl sites for hydroxylation is 2. The van der Waals surface area contributed by atoms with Crippen LogP contribution in [0.2, 0.25) is 0 Å². The Balaban J connectivity index is 2.22. The highest BCUT2D eigenvalue weighted by Gasteiger charge is 2.29. The first-order chi connectivity index (χ1) is 15.9. The van der Waals surface area contributed by atoms with Gasteiger partial charge < -0.3 is 10.2 Å². The molecule has 0 aliphatic rings. The Morgan fingerprint density at radius 2 is 1.74 bits per heavy atom. The van der Waals surface area contributed by atoms with Crippen LogP contribution in [0.3, 0.4) is 0 Å². The van der Waals surface area contributed by atoms with E-state index >= 15 is 0 Å². The lowest BCUT2D eigenvalue weighted by atomic mass is 10.1. The van der Waals surface area contributed by atoms with Gasteiger partial charge in [0.05, 0.1) is 22.6 Å². The number of carbonyl (C=O) groups is 1. The molecule has 1 N–H and O–H groups in total. The summed E-state index contributed by atoms with van der Waals surface area (Å²) in [6.45, 7) is 16.8. The van der Waals surface area contributed by atoms with Gasteiger partial charge in [-0.2, -0.15) is 0 Å². The highest BCUT2D eigenvalue weighted by atomic mass is 16.2. The molecule has 0 spiro atoms. The SMILES string of the molecule is Cc1ccc(-n2c(C(C)N(CCC(C)C)C(=O)NC(C)(C)C)nc3ccccc3c2=O)cc1C. The van der Waals surface area contributed by atoms with Crippen LogP contribution >= 0.6 is 0 Å². The summed E-state index contributed by atoms with van der Waals surface area (Å²) in [6, 6.07) is 12.8. The van der Waals surface area contributed by atoms with Gasteiger partial charge in [-0.15, -0.1) is 0 Å². The van der Waals surface area contributed by atoms with Gasteiger partial charge >= 0.3 is 6.03 Å². The number of amides is 2. The first-order valence-electron chi connectivity index (χ1n) is 12.1. The van der Waals surface area contributed by atoms with Crippen molar-refractivity contribution in [2.45, 2.75) is 73.4 Å². The quantitative estimate of drug-likeness (QED) is 0.494. The summed E-state index contributed by atoms with van der Waals surface area (Å²) in [6.07, 6.45) is 0.851. The average Bonchev–Trinajstić information content (AvgIpc) is 2.74. The summed E-state index contributed by atoms with van der Waals surface area (Å²) < 4.78 is 1.67. The van der Waals surface area contributed by atoms with E-state index in [1.165, 1.54) is 0 Å². The predicted octanol–water partition coefficient (Wildman–Crippen LogP) is 5.92. The second-order valence-electron chi connectivity index (χ2n) is 10.6. The average molecular weight is 463 g/mol. The Kier molecular flexibility index (Phi) is 7.49. The van der Waals surface area contributed by atoms with Crippen molar-refractivity contribution in [3.8, 4) is 5.69 Å². The van der Waals surface area contributed by atoms with Crippen molar-refractivity contribution >= 4 is 16.9 Å². The molecule has 3 rings (SSSR count). The van der Waals surface area contributed by atoms with Crippen LogP contribution in [0, 0.1) is 19.8 Å². The Labute approximate surface area is 203 Å². The molecule has 1 atom stereocenters. The molecule has 1 heterocycles. The second-order valence-corrected chi connectivity index (χ2v) is 10.6. The summed E-state index contributed by atoms with van der Waals surface area (Å²) in [7, 11) is 0. The molecule has 0 radical (unpaired) electrons. The molecule has 2 amide bonds. The highest BCUT2D eigenvalue weighted by molar-refractivity contribution is 5.78. The fraction of sp³-hybridized carbons (Fsp3) is 0.464. The van der Waals surface area contributed by atoms with Crippen LogP contribution < -0.4 is 10.9 Å². The van der Waals surface area contributed by atoms with E-state index in [0.717, 1.165) is 23.2 Å². The lowest BCUT2D eigenvalue weighted by molar-refractivity contribution is 0.163. The molecule has 6 heteroatoms. The molecule has 0 saturated heterocycles. The van der Waals surface area contributed by atoms with Crippen LogP contribution in [0.15, 0.2) is 47.3 Å². The van der Waals surface area contributed by atoms with Crippen LogP contribution in [0.4, 0.5) is 4.79 Å².